The molecule has 0 fully saturated rings. The molecule has 0 N–H and O–H groups in total. The van der Waals surface area contributed by atoms with Crippen molar-refractivity contribution in [2.45, 2.75) is 155 Å². The molecule has 0 bridgehead atoms. The lowest BCUT2D eigenvalue weighted by molar-refractivity contribution is -0.163. The van der Waals surface area contributed by atoms with E-state index in [2.05, 4.69) is 41.5 Å². The van der Waals surface area contributed by atoms with Crippen LogP contribution in [-0.2, 0) is 19.1 Å². The van der Waals surface area contributed by atoms with E-state index in [-0.39, 0.29) is 23.1 Å². The predicted octanol–water partition coefficient (Wildman–Crippen LogP) is 7.91. The van der Waals surface area contributed by atoms with E-state index in [0.29, 0.717) is 12.8 Å². The zero-order valence-corrected chi connectivity index (χ0v) is 20.9. The summed E-state index contributed by atoms with van der Waals surface area (Å²) in [5.74, 6) is -0.0883. The summed E-state index contributed by atoms with van der Waals surface area (Å²) in [7, 11) is 0. The molecule has 0 unspecified atom stereocenters. The van der Waals surface area contributed by atoms with Crippen molar-refractivity contribution in [3.8, 4) is 0 Å². The molecule has 0 aromatic rings. The third-order valence-corrected chi connectivity index (χ3v) is 6.66. The Balaban J connectivity index is 3.92. The van der Waals surface area contributed by atoms with Gasteiger partial charge in [-0.05, 0) is 51.4 Å². The molecule has 0 aliphatic rings. The minimum atomic E-state index is -0.259. The van der Waals surface area contributed by atoms with Crippen molar-refractivity contribution in [1.82, 2.24) is 0 Å². The van der Waals surface area contributed by atoms with Gasteiger partial charge in [0.2, 0.25) is 0 Å². The molecule has 4 heteroatoms. The van der Waals surface area contributed by atoms with E-state index in [1.165, 1.54) is 0 Å². The van der Waals surface area contributed by atoms with Gasteiger partial charge in [0.1, 0.15) is 11.2 Å². The molecule has 0 heterocycles. The summed E-state index contributed by atoms with van der Waals surface area (Å²) < 4.78 is 11.7. The van der Waals surface area contributed by atoms with Crippen LogP contribution in [0.15, 0.2) is 0 Å². The zero-order chi connectivity index (χ0) is 22.9. The van der Waals surface area contributed by atoms with Crippen molar-refractivity contribution in [2.75, 3.05) is 0 Å². The van der Waals surface area contributed by atoms with Gasteiger partial charge in [-0.3, -0.25) is 9.59 Å². The first-order valence-electron chi connectivity index (χ1n) is 12.8. The summed E-state index contributed by atoms with van der Waals surface area (Å²) in [5.41, 5.74) is -0.518. The largest absolute Gasteiger partial charge is 0.459 e. The van der Waals surface area contributed by atoms with Gasteiger partial charge in [0, 0.05) is 12.8 Å². The lowest BCUT2D eigenvalue weighted by atomic mass is 9.91. The van der Waals surface area contributed by atoms with Crippen molar-refractivity contribution in [2.24, 2.45) is 0 Å². The smallest absolute Gasteiger partial charge is 0.306 e. The molecule has 0 spiro atoms. The highest BCUT2D eigenvalue weighted by Crippen LogP contribution is 2.28. The lowest BCUT2D eigenvalue weighted by Crippen LogP contribution is -2.33. The van der Waals surface area contributed by atoms with E-state index >= 15 is 0 Å². The number of hydrogen-bond donors (Lipinski definition) is 0. The van der Waals surface area contributed by atoms with Gasteiger partial charge in [-0.1, -0.05) is 80.1 Å². The fourth-order valence-corrected chi connectivity index (χ4v) is 4.34. The average molecular weight is 427 g/mol. The lowest BCUT2D eigenvalue weighted by Gasteiger charge is -2.31. The van der Waals surface area contributed by atoms with Gasteiger partial charge in [0.25, 0.3) is 0 Å². The van der Waals surface area contributed by atoms with E-state index in [9.17, 15) is 9.59 Å². The van der Waals surface area contributed by atoms with Gasteiger partial charge in [0.15, 0.2) is 0 Å². The second-order valence-corrected chi connectivity index (χ2v) is 8.85. The van der Waals surface area contributed by atoms with Crippen LogP contribution in [0, 0.1) is 0 Å². The summed E-state index contributed by atoms with van der Waals surface area (Å²) in [6, 6.07) is 0. The normalized spacial score (nSPS) is 12.1. The molecular formula is C26H50O4. The highest BCUT2D eigenvalue weighted by Gasteiger charge is 2.30. The van der Waals surface area contributed by atoms with Gasteiger partial charge in [-0.2, -0.15) is 0 Å². The van der Waals surface area contributed by atoms with E-state index in [1.807, 2.05) is 0 Å². The first-order valence-corrected chi connectivity index (χ1v) is 12.8. The topological polar surface area (TPSA) is 52.6 Å². The average Bonchev–Trinajstić information content (AvgIpc) is 2.74. The first kappa shape index (κ1) is 28.9. The first-order chi connectivity index (χ1) is 14.4. The predicted molar refractivity (Wildman–Crippen MR) is 126 cm³/mol. The number of carbonyl (C=O) groups is 2. The molecule has 0 radical (unpaired) electrons. The minimum absolute atomic E-state index is 0.0442. The fraction of sp³-hybridized carbons (Fsp3) is 0.923. The highest BCUT2D eigenvalue weighted by molar-refractivity contribution is 5.70. The van der Waals surface area contributed by atoms with Gasteiger partial charge < -0.3 is 9.47 Å². The van der Waals surface area contributed by atoms with E-state index in [0.717, 1.165) is 89.9 Å². The molecule has 0 aliphatic heterocycles. The Bertz CT molecular complexity index is 408. The monoisotopic (exact) mass is 426 g/mol. The number of unbranched alkanes of at least 4 members (excludes halogenated alkanes) is 5. The summed E-state index contributed by atoms with van der Waals surface area (Å²) in [4.78, 5) is 24.4. The van der Waals surface area contributed by atoms with Crippen molar-refractivity contribution in [1.29, 1.82) is 0 Å². The van der Waals surface area contributed by atoms with Crippen molar-refractivity contribution >= 4 is 11.9 Å². The second-order valence-electron chi connectivity index (χ2n) is 8.85. The van der Waals surface area contributed by atoms with E-state index < -0.39 is 0 Å². The number of esters is 2. The molecule has 0 rings (SSSR count). The molecule has 178 valence electrons. The SMILES string of the molecule is CCCC(CC)(CC)OC(=O)CCCCCCCCC(=O)OC(CC)(CC)CCC. The number of ether oxygens (including phenoxy) is 2. The standard InChI is InChI=1S/C26H50O4/c1-7-21-25(9-3,10-4)29-23(27)19-17-15-13-14-16-18-20-24(28)30-26(11-5,12-6)22-8-2/h7-22H2,1-6H3. The number of carbonyl (C=O) groups excluding carboxylic acids is 2. The second kappa shape index (κ2) is 16.6. The maximum atomic E-state index is 12.2. The van der Waals surface area contributed by atoms with Crippen LogP contribution in [0.5, 0.6) is 0 Å². The minimum Gasteiger partial charge on any atom is -0.459 e. The van der Waals surface area contributed by atoms with E-state index in [1.54, 1.807) is 0 Å². The van der Waals surface area contributed by atoms with Gasteiger partial charge in [0.05, 0.1) is 0 Å². The van der Waals surface area contributed by atoms with Crippen molar-refractivity contribution in [3.63, 3.8) is 0 Å². The van der Waals surface area contributed by atoms with Crippen LogP contribution < -0.4 is 0 Å². The Kier molecular flexibility index (Phi) is 16.0. The molecule has 0 aliphatic carbocycles. The van der Waals surface area contributed by atoms with Crippen LogP contribution in [0.4, 0.5) is 0 Å². The molecule has 0 saturated heterocycles. The quantitative estimate of drug-likeness (QED) is 0.155. The van der Waals surface area contributed by atoms with Gasteiger partial charge in [-0.15, -0.1) is 0 Å². The molecule has 30 heavy (non-hydrogen) atoms. The summed E-state index contributed by atoms with van der Waals surface area (Å²) >= 11 is 0. The maximum absolute atomic E-state index is 12.2. The Morgan fingerprint density at radius 2 is 0.833 bits per heavy atom. The molecular weight excluding hydrogens is 376 g/mol. The van der Waals surface area contributed by atoms with Crippen molar-refractivity contribution < 1.29 is 19.1 Å². The number of hydrogen-bond acceptors (Lipinski definition) is 4. The Hall–Kier alpha value is -1.06. The maximum Gasteiger partial charge on any atom is 0.306 e. The van der Waals surface area contributed by atoms with E-state index in [4.69, 9.17) is 9.47 Å². The fourth-order valence-electron chi connectivity index (χ4n) is 4.34. The Morgan fingerprint density at radius 1 is 0.533 bits per heavy atom. The zero-order valence-electron chi connectivity index (χ0n) is 20.9. The summed E-state index contributed by atoms with van der Waals surface area (Å²) in [6.07, 6.45) is 14.7. The van der Waals surface area contributed by atoms with Crippen LogP contribution in [0.1, 0.15) is 144 Å². The Labute approximate surface area is 186 Å². The van der Waals surface area contributed by atoms with Gasteiger partial charge >= 0.3 is 11.9 Å². The van der Waals surface area contributed by atoms with Crippen LogP contribution >= 0.6 is 0 Å². The summed E-state index contributed by atoms with van der Waals surface area (Å²) in [5, 5.41) is 0. The van der Waals surface area contributed by atoms with Crippen LogP contribution in [0.2, 0.25) is 0 Å². The van der Waals surface area contributed by atoms with Crippen molar-refractivity contribution in [3.05, 3.63) is 0 Å². The molecule has 0 saturated carbocycles. The number of rotatable bonds is 19. The molecule has 0 amide bonds. The third kappa shape index (κ3) is 11.4. The Morgan fingerprint density at radius 3 is 1.10 bits per heavy atom. The van der Waals surface area contributed by atoms with Crippen LogP contribution in [-0.4, -0.2) is 23.1 Å². The third-order valence-electron chi connectivity index (χ3n) is 6.66. The molecule has 0 aromatic heterocycles. The molecule has 0 atom stereocenters. The van der Waals surface area contributed by atoms with Crippen LogP contribution in [0.25, 0.3) is 0 Å². The molecule has 4 nitrogen and oxygen atoms in total. The van der Waals surface area contributed by atoms with Crippen LogP contribution in [0.3, 0.4) is 0 Å². The highest BCUT2D eigenvalue weighted by atomic mass is 16.6. The molecule has 0 aromatic carbocycles. The van der Waals surface area contributed by atoms with Gasteiger partial charge in [-0.25, -0.2) is 0 Å². The summed E-state index contributed by atoms with van der Waals surface area (Å²) in [6.45, 7) is 12.7.